The van der Waals surface area contributed by atoms with Gasteiger partial charge in [0.25, 0.3) is 0 Å². The number of carbonyl (C=O) groups is 1. The van der Waals surface area contributed by atoms with E-state index in [9.17, 15) is 18.0 Å². The number of anilines is 1. The number of ether oxygens (including phenoxy) is 1. The Morgan fingerprint density at radius 1 is 1.41 bits per heavy atom. The minimum atomic E-state index is -4.57. The Balaban J connectivity index is 1.86. The van der Waals surface area contributed by atoms with E-state index in [4.69, 9.17) is 16.3 Å². The van der Waals surface area contributed by atoms with E-state index in [2.05, 4.69) is 10.4 Å². The molecule has 0 saturated carbocycles. The zero-order valence-electron chi connectivity index (χ0n) is 14.7. The van der Waals surface area contributed by atoms with Crippen LogP contribution in [0.4, 0.5) is 18.9 Å². The maximum Gasteiger partial charge on any atom is 0.435 e. The van der Waals surface area contributed by atoms with Crippen LogP contribution in [0, 0.1) is 0 Å². The summed E-state index contributed by atoms with van der Waals surface area (Å²) >= 11 is 5.93. The van der Waals surface area contributed by atoms with Gasteiger partial charge in [-0.25, -0.2) is 0 Å². The third kappa shape index (κ3) is 4.19. The maximum absolute atomic E-state index is 13.3. The van der Waals surface area contributed by atoms with Crippen LogP contribution >= 0.6 is 11.6 Å². The van der Waals surface area contributed by atoms with Gasteiger partial charge >= 0.3 is 6.18 Å². The van der Waals surface area contributed by atoms with E-state index in [1.165, 1.54) is 13.2 Å². The van der Waals surface area contributed by atoms with E-state index in [1.54, 1.807) is 24.1 Å². The Kier molecular flexibility index (Phi) is 5.34. The molecule has 10 heteroatoms. The Bertz CT molecular complexity index is 867. The molecule has 0 unspecified atom stereocenters. The van der Waals surface area contributed by atoms with Crippen molar-refractivity contribution in [3.8, 4) is 5.75 Å². The van der Waals surface area contributed by atoms with E-state index in [-0.39, 0.29) is 18.7 Å². The summed E-state index contributed by atoms with van der Waals surface area (Å²) in [4.78, 5) is 14.2. The van der Waals surface area contributed by atoms with Crippen LogP contribution in [0.3, 0.4) is 0 Å². The van der Waals surface area contributed by atoms with Gasteiger partial charge in [-0.3, -0.25) is 9.48 Å². The van der Waals surface area contributed by atoms with Crippen molar-refractivity contribution in [2.45, 2.75) is 25.7 Å². The number of aromatic nitrogens is 2. The van der Waals surface area contributed by atoms with Crippen molar-refractivity contribution < 1.29 is 22.7 Å². The summed E-state index contributed by atoms with van der Waals surface area (Å²) in [6.07, 6.45) is -4.18. The minimum absolute atomic E-state index is 0.129. The molecule has 0 aliphatic carbocycles. The van der Waals surface area contributed by atoms with Gasteiger partial charge in [-0.1, -0.05) is 11.6 Å². The molecule has 1 N–H and O–H groups in total. The number of halogens is 4. The first-order chi connectivity index (χ1) is 12.7. The van der Waals surface area contributed by atoms with Crippen LogP contribution in [-0.4, -0.2) is 41.3 Å². The Hall–Kier alpha value is -2.26. The molecule has 1 aromatic carbocycles. The van der Waals surface area contributed by atoms with Crippen molar-refractivity contribution in [3.05, 3.63) is 40.2 Å². The lowest BCUT2D eigenvalue weighted by molar-refractivity contribution is -0.142. The molecule has 27 heavy (non-hydrogen) atoms. The molecule has 0 fully saturated rings. The Morgan fingerprint density at radius 2 is 2.15 bits per heavy atom. The minimum Gasteiger partial charge on any atom is -0.495 e. The number of likely N-dealkylation sites (N-methyl/N-ethyl adjacent to an activating group) is 1. The number of alkyl halides is 3. The van der Waals surface area contributed by atoms with E-state index in [1.807, 2.05) is 0 Å². The first-order valence-corrected chi connectivity index (χ1v) is 8.54. The number of benzene rings is 1. The molecular weight excluding hydrogens is 385 g/mol. The quantitative estimate of drug-likeness (QED) is 0.853. The standard InChI is InChI=1S/C17H18ClF3N4O2/c1-24-6-5-13-11(8-24)16(17(19,20)21)23-25(13)9-15(26)22-12-7-10(18)3-4-14(12)27-2/h3-4,7H,5-6,8-9H2,1-2H3,(H,22,26). The highest BCUT2D eigenvalue weighted by Crippen LogP contribution is 2.35. The molecule has 146 valence electrons. The van der Waals surface area contributed by atoms with Gasteiger partial charge in [-0.05, 0) is 25.2 Å². The van der Waals surface area contributed by atoms with Crippen LogP contribution in [-0.2, 0) is 30.5 Å². The van der Waals surface area contributed by atoms with Crippen molar-refractivity contribution >= 4 is 23.2 Å². The molecule has 1 aliphatic rings. The van der Waals surface area contributed by atoms with Gasteiger partial charge in [0.2, 0.25) is 5.91 Å². The third-order valence-corrected chi connectivity index (χ3v) is 4.56. The first-order valence-electron chi connectivity index (χ1n) is 8.16. The second-order valence-electron chi connectivity index (χ2n) is 6.31. The number of amides is 1. The largest absolute Gasteiger partial charge is 0.495 e. The summed E-state index contributed by atoms with van der Waals surface area (Å²) in [7, 11) is 3.19. The fourth-order valence-corrected chi connectivity index (χ4v) is 3.26. The summed E-state index contributed by atoms with van der Waals surface area (Å²) in [6, 6.07) is 4.70. The van der Waals surface area contributed by atoms with Gasteiger partial charge in [-0.2, -0.15) is 18.3 Å². The zero-order valence-corrected chi connectivity index (χ0v) is 15.5. The maximum atomic E-state index is 13.3. The molecule has 6 nitrogen and oxygen atoms in total. The fourth-order valence-electron chi connectivity index (χ4n) is 3.09. The molecule has 0 saturated heterocycles. The summed E-state index contributed by atoms with van der Waals surface area (Å²) in [6.45, 7) is 0.408. The van der Waals surface area contributed by atoms with Crippen LogP contribution in [0.1, 0.15) is 17.0 Å². The second kappa shape index (κ2) is 7.40. The number of nitrogens with zero attached hydrogens (tertiary/aromatic N) is 3. The molecular formula is C17H18ClF3N4O2. The number of rotatable bonds is 4. The predicted molar refractivity (Wildman–Crippen MR) is 93.9 cm³/mol. The van der Waals surface area contributed by atoms with Crippen LogP contribution in [0.15, 0.2) is 18.2 Å². The van der Waals surface area contributed by atoms with E-state index < -0.39 is 17.8 Å². The van der Waals surface area contributed by atoms with Crippen LogP contribution in [0.25, 0.3) is 0 Å². The molecule has 1 aromatic heterocycles. The highest BCUT2D eigenvalue weighted by molar-refractivity contribution is 6.31. The lowest BCUT2D eigenvalue weighted by atomic mass is 10.1. The smallest absolute Gasteiger partial charge is 0.435 e. The van der Waals surface area contributed by atoms with Gasteiger partial charge in [-0.15, -0.1) is 0 Å². The Labute approximate surface area is 158 Å². The number of methoxy groups -OCH3 is 1. The lowest BCUT2D eigenvalue weighted by Gasteiger charge is -2.23. The topological polar surface area (TPSA) is 59.4 Å². The van der Waals surface area contributed by atoms with Crippen LogP contribution < -0.4 is 10.1 Å². The molecule has 0 spiro atoms. The van der Waals surface area contributed by atoms with Crippen molar-refractivity contribution in [1.82, 2.24) is 14.7 Å². The number of hydrogen-bond donors (Lipinski definition) is 1. The molecule has 1 amide bonds. The van der Waals surface area contributed by atoms with Gasteiger partial charge in [0.1, 0.15) is 12.3 Å². The average Bonchev–Trinajstić information content (AvgIpc) is 2.93. The molecule has 0 radical (unpaired) electrons. The average molecular weight is 403 g/mol. The van der Waals surface area contributed by atoms with E-state index in [0.717, 1.165) is 4.68 Å². The molecule has 1 aliphatic heterocycles. The SMILES string of the molecule is COc1ccc(Cl)cc1NC(=O)Cn1nc(C(F)(F)F)c2c1CCN(C)C2. The van der Waals surface area contributed by atoms with Gasteiger partial charge in [0.15, 0.2) is 5.69 Å². The zero-order chi connectivity index (χ0) is 19.8. The highest BCUT2D eigenvalue weighted by Gasteiger charge is 2.40. The number of nitrogens with one attached hydrogen (secondary N) is 1. The van der Waals surface area contributed by atoms with Crippen LogP contribution in [0.5, 0.6) is 5.75 Å². The van der Waals surface area contributed by atoms with Crippen molar-refractivity contribution in [2.24, 2.45) is 0 Å². The van der Waals surface area contributed by atoms with Crippen molar-refractivity contribution in [3.63, 3.8) is 0 Å². The number of fused-ring (bicyclic) bond motifs is 1. The van der Waals surface area contributed by atoms with E-state index >= 15 is 0 Å². The predicted octanol–water partition coefficient (Wildman–Crippen LogP) is 3.19. The molecule has 3 rings (SSSR count). The van der Waals surface area contributed by atoms with E-state index in [0.29, 0.717) is 35.1 Å². The molecule has 2 aromatic rings. The third-order valence-electron chi connectivity index (χ3n) is 4.32. The van der Waals surface area contributed by atoms with Gasteiger partial charge in [0, 0.05) is 35.8 Å². The summed E-state index contributed by atoms with van der Waals surface area (Å²) in [5.41, 5.74) is -0.0259. The Morgan fingerprint density at radius 3 is 2.81 bits per heavy atom. The van der Waals surface area contributed by atoms with Crippen molar-refractivity contribution in [2.75, 3.05) is 26.0 Å². The number of hydrogen-bond acceptors (Lipinski definition) is 4. The molecule has 0 atom stereocenters. The highest BCUT2D eigenvalue weighted by atomic mass is 35.5. The second-order valence-corrected chi connectivity index (χ2v) is 6.75. The first kappa shape index (κ1) is 19.5. The molecule has 2 heterocycles. The normalized spacial score (nSPS) is 14.7. The van der Waals surface area contributed by atoms with Crippen LogP contribution in [0.2, 0.25) is 5.02 Å². The molecule has 0 bridgehead atoms. The number of carbonyl (C=O) groups excluding carboxylic acids is 1. The van der Waals surface area contributed by atoms with Gasteiger partial charge < -0.3 is 15.0 Å². The fraction of sp³-hybridized carbons (Fsp3) is 0.412. The summed E-state index contributed by atoms with van der Waals surface area (Å²) in [5.74, 6) is -0.124. The lowest BCUT2D eigenvalue weighted by Crippen LogP contribution is -2.29. The summed E-state index contributed by atoms with van der Waals surface area (Å²) < 4.78 is 46.2. The monoisotopic (exact) mass is 402 g/mol. The van der Waals surface area contributed by atoms with Crippen molar-refractivity contribution in [1.29, 1.82) is 0 Å². The summed E-state index contributed by atoms with van der Waals surface area (Å²) in [5, 5.41) is 6.69. The van der Waals surface area contributed by atoms with Gasteiger partial charge in [0.05, 0.1) is 12.8 Å².